The molecule has 8 heteroatoms. The second-order valence-corrected chi connectivity index (χ2v) is 14.2. The lowest BCUT2D eigenvalue weighted by Gasteiger charge is -2.19. The SMILES string of the molecule is CCC(Oc1ccc(Oc2ccc(S(=O)(=O)c3ccc(C)cc3)cc2)cc1)c1ccc(S(=O)(=O)c2ccc(C)cc2)cc1. The molecular formula is C35H32O6S2. The predicted octanol–water partition coefficient (Wildman–Crippen LogP) is 8.29. The molecule has 0 radical (unpaired) electrons. The van der Waals surface area contributed by atoms with Crippen molar-refractivity contribution in [2.45, 2.75) is 52.9 Å². The lowest BCUT2D eigenvalue weighted by atomic mass is 10.1. The second kappa shape index (κ2) is 12.5. The van der Waals surface area contributed by atoms with Crippen molar-refractivity contribution < 1.29 is 26.3 Å². The summed E-state index contributed by atoms with van der Waals surface area (Å²) in [5, 5.41) is 0. The Hall–Kier alpha value is -4.40. The third-order valence-corrected chi connectivity index (χ3v) is 10.6. The third kappa shape index (κ3) is 6.82. The van der Waals surface area contributed by atoms with Crippen LogP contribution in [0.15, 0.2) is 141 Å². The zero-order valence-corrected chi connectivity index (χ0v) is 25.7. The fourth-order valence-electron chi connectivity index (χ4n) is 4.53. The number of hydrogen-bond acceptors (Lipinski definition) is 6. The van der Waals surface area contributed by atoms with E-state index in [-0.39, 0.29) is 25.7 Å². The molecule has 1 atom stereocenters. The largest absolute Gasteiger partial charge is 0.486 e. The van der Waals surface area contributed by atoms with Gasteiger partial charge in [0.15, 0.2) is 0 Å². The smallest absolute Gasteiger partial charge is 0.206 e. The Kier molecular flexibility index (Phi) is 8.71. The average Bonchev–Trinajstić information content (AvgIpc) is 3.01. The van der Waals surface area contributed by atoms with Crippen molar-refractivity contribution in [2.75, 3.05) is 0 Å². The highest BCUT2D eigenvalue weighted by Crippen LogP contribution is 2.31. The van der Waals surface area contributed by atoms with Gasteiger partial charge in [0.25, 0.3) is 0 Å². The summed E-state index contributed by atoms with van der Waals surface area (Å²) in [6, 6.07) is 33.8. The van der Waals surface area contributed by atoms with E-state index in [4.69, 9.17) is 9.47 Å². The minimum Gasteiger partial charge on any atom is -0.486 e. The van der Waals surface area contributed by atoms with Crippen molar-refractivity contribution in [2.24, 2.45) is 0 Å². The van der Waals surface area contributed by atoms with Gasteiger partial charge in [-0.3, -0.25) is 0 Å². The summed E-state index contributed by atoms with van der Waals surface area (Å²) < 4.78 is 64.0. The van der Waals surface area contributed by atoms with E-state index in [1.807, 2.05) is 20.8 Å². The van der Waals surface area contributed by atoms with Crippen LogP contribution < -0.4 is 9.47 Å². The summed E-state index contributed by atoms with van der Waals surface area (Å²) in [7, 11) is -7.22. The van der Waals surface area contributed by atoms with Gasteiger partial charge in [0.05, 0.1) is 19.6 Å². The van der Waals surface area contributed by atoms with Gasteiger partial charge in [0.2, 0.25) is 19.7 Å². The zero-order chi connectivity index (χ0) is 30.6. The van der Waals surface area contributed by atoms with Crippen LogP contribution in [-0.4, -0.2) is 16.8 Å². The van der Waals surface area contributed by atoms with Crippen LogP contribution in [0.1, 0.15) is 36.1 Å². The zero-order valence-electron chi connectivity index (χ0n) is 24.1. The molecule has 0 N–H and O–H groups in total. The summed E-state index contributed by atoms with van der Waals surface area (Å²) >= 11 is 0. The molecule has 0 saturated carbocycles. The van der Waals surface area contributed by atoms with E-state index in [1.54, 1.807) is 109 Å². The van der Waals surface area contributed by atoms with Gasteiger partial charge >= 0.3 is 0 Å². The van der Waals surface area contributed by atoms with E-state index in [0.717, 1.165) is 16.7 Å². The van der Waals surface area contributed by atoms with Gasteiger partial charge in [-0.05, 0) is 111 Å². The quantitative estimate of drug-likeness (QED) is 0.158. The van der Waals surface area contributed by atoms with Crippen LogP contribution in [0.25, 0.3) is 0 Å². The van der Waals surface area contributed by atoms with Crippen LogP contribution in [0.5, 0.6) is 17.2 Å². The summed E-state index contributed by atoms with van der Waals surface area (Å²) in [6.07, 6.45) is 0.408. The normalized spacial score (nSPS) is 12.4. The van der Waals surface area contributed by atoms with E-state index < -0.39 is 19.7 Å². The van der Waals surface area contributed by atoms with E-state index in [0.29, 0.717) is 23.7 Å². The van der Waals surface area contributed by atoms with E-state index in [1.165, 1.54) is 12.1 Å². The molecule has 0 aromatic heterocycles. The maximum Gasteiger partial charge on any atom is 0.206 e. The fraction of sp³-hybridized carbons (Fsp3) is 0.143. The molecule has 5 aromatic rings. The van der Waals surface area contributed by atoms with Crippen LogP contribution >= 0.6 is 0 Å². The topological polar surface area (TPSA) is 86.7 Å². The molecule has 0 aliphatic carbocycles. The Balaban J connectivity index is 1.23. The van der Waals surface area contributed by atoms with Crippen LogP contribution in [-0.2, 0) is 19.7 Å². The molecule has 0 aliphatic rings. The molecule has 43 heavy (non-hydrogen) atoms. The Labute approximate surface area is 253 Å². The number of hydrogen-bond donors (Lipinski definition) is 0. The van der Waals surface area contributed by atoms with Crippen LogP contribution in [0.3, 0.4) is 0 Å². The van der Waals surface area contributed by atoms with Crippen LogP contribution in [0, 0.1) is 13.8 Å². The third-order valence-electron chi connectivity index (χ3n) is 7.07. The number of rotatable bonds is 10. The second-order valence-electron chi connectivity index (χ2n) is 10.3. The highest BCUT2D eigenvalue weighted by atomic mass is 32.2. The highest BCUT2D eigenvalue weighted by Gasteiger charge is 2.20. The molecule has 220 valence electrons. The fourth-order valence-corrected chi connectivity index (χ4v) is 7.05. The first-order chi connectivity index (χ1) is 20.6. The maximum absolute atomic E-state index is 13.0. The predicted molar refractivity (Wildman–Crippen MR) is 166 cm³/mol. The number of aryl methyl sites for hydroxylation is 2. The van der Waals surface area contributed by atoms with E-state index in [2.05, 4.69) is 0 Å². The molecular weight excluding hydrogens is 581 g/mol. The Morgan fingerprint density at radius 1 is 0.488 bits per heavy atom. The molecule has 0 aliphatic heterocycles. The summed E-state index contributed by atoms with van der Waals surface area (Å²) in [4.78, 5) is 0.937. The van der Waals surface area contributed by atoms with Crippen molar-refractivity contribution >= 4 is 19.7 Å². The number of benzene rings is 5. The van der Waals surface area contributed by atoms with Gasteiger partial charge in [0.1, 0.15) is 23.4 Å². The van der Waals surface area contributed by atoms with Crippen molar-refractivity contribution in [3.05, 3.63) is 138 Å². The van der Waals surface area contributed by atoms with Crippen LogP contribution in [0.2, 0.25) is 0 Å². The van der Waals surface area contributed by atoms with E-state index >= 15 is 0 Å². The van der Waals surface area contributed by atoms with Gasteiger partial charge in [-0.15, -0.1) is 0 Å². The molecule has 5 rings (SSSR count). The summed E-state index contributed by atoms with van der Waals surface area (Å²) in [5.74, 6) is 1.71. The van der Waals surface area contributed by atoms with Gasteiger partial charge in [0, 0.05) is 0 Å². The lowest BCUT2D eigenvalue weighted by molar-refractivity contribution is 0.201. The first-order valence-electron chi connectivity index (χ1n) is 13.8. The van der Waals surface area contributed by atoms with Crippen LogP contribution in [0.4, 0.5) is 0 Å². The molecule has 0 heterocycles. The first kappa shape index (κ1) is 30.1. The Morgan fingerprint density at radius 3 is 1.21 bits per heavy atom. The highest BCUT2D eigenvalue weighted by molar-refractivity contribution is 7.91. The molecule has 1 unspecified atom stereocenters. The minimum atomic E-state index is -3.61. The van der Waals surface area contributed by atoms with Crippen molar-refractivity contribution in [3.63, 3.8) is 0 Å². The number of ether oxygens (including phenoxy) is 2. The molecule has 0 saturated heterocycles. The average molecular weight is 613 g/mol. The van der Waals surface area contributed by atoms with Gasteiger partial charge in [-0.1, -0.05) is 54.4 Å². The molecule has 0 bridgehead atoms. The molecule has 5 aromatic carbocycles. The molecule has 0 spiro atoms. The standard InChI is InChI=1S/C35H32O6S2/c1-4-35(27-9-21-33(22-10-27)42(36,37)31-17-5-25(2)6-18-31)41-30-13-11-28(12-14-30)40-29-15-23-34(24-16-29)43(38,39)32-19-7-26(3)8-20-32/h5-24,35H,4H2,1-3H3. The monoisotopic (exact) mass is 612 g/mol. The summed E-state index contributed by atoms with van der Waals surface area (Å²) in [5.41, 5.74) is 2.86. The first-order valence-corrected chi connectivity index (χ1v) is 16.8. The van der Waals surface area contributed by atoms with Gasteiger partial charge in [-0.2, -0.15) is 0 Å². The van der Waals surface area contributed by atoms with E-state index in [9.17, 15) is 16.8 Å². The minimum absolute atomic E-state index is 0.193. The Bertz CT molecular complexity index is 1900. The van der Waals surface area contributed by atoms with Crippen molar-refractivity contribution in [3.8, 4) is 17.2 Å². The molecule has 0 amide bonds. The molecule has 0 fully saturated rings. The Morgan fingerprint density at radius 2 is 0.814 bits per heavy atom. The van der Waals surface area contributed by atoms with Crippen molar-refractivity contribution in [1.29, 1.82) is 0 Å². The molecule has 6 nitrogen and oxygen atoms in total. The number of sulfone groups is 2. The van der Waals surface area contributed by atoms with Crippen molar-refractivity contribution in [1.82, 2.24) is 0 Å². The maximum atomic E-state index is 13.0. The lowest BCUT2D eigenvalue weighted by Crippen LogP contribution is -2.07. The van der Waals surface area contributed by atoms with Gasteiger partial charge in [-0.25, -0.2) is 16.8 Å². The summed E-state index contributed by atoms with van der Waals surface area (Å²) in [6.45, 7) is 5.83. The van der Waals surface area contributed by atoms with Gasteiger partial charge < -0.3 is 9.47 Å².